The number of piperidine rings is 1. The number of rotatable bonds is 3. The molecule has 3 N–H and O–H groups in total. The molecule has 0 bridgehead atoms. The Morgan fingerprint density at radius 2 is 2.21 bits per heavy atom. The molecule has 0 atom stereocenters. The topological polar surface area (TPSA) is 71.2 Å². The van der Waals surface area contributed by atoms with E-state index in [1.807, 2.05) is 6.92 Å². The highest BCUT2D eigenvalue weighted by Crippen LogP contribution is 2.15. The lowest BCUT2D eigenvalue weighted by Crippen LogP contribution is -2.37. The Labute approximate surface area is 114 Å². The third-order valence-corrected chi connectivity index (χ3v) is 3.74. The first-order chi connectivity index (χ1) is 9.06. The number of carbonyl (C=O) groups excluding carboxylic acids is 1. The van der Waals surface area contributed by atoms with Crippen molar-refractivity contribution in [2.45, 2.75) is 19.8 Å². The smallest absolute Gasteiger partial charge is 0.253 e. The van der Waals surface area contributed by atoms with E-state index < -0.39 is 0 Å². The number of pyridine rings is 1. The van der Waals surface area contributed by atoms with Gasteiger partial charge in [0.15, 0.2) is 0 Å². The maximum absolute atomic E-state index is 12.1. The van der Waals surface area contributed by atoms with E-state index >= 15 is 0 Å². The molecule has 0 spiro atoms. The second kappa shape index (κ2) is 6.02. The van der Waals surface area contributed by atoms with Crippen LogP contribution in [0.1, 0.15) is 28.9 Å². The van der Waals surface area contributed by atoms with Crippen molar-refractivity contribution in [3.8, 4) is 0 Å². The minimum Gasteiger partial charge on any atom is -0.397 e. The van der Waals surface area contributed by atoms with Crippen molar-refractivity contribution in [2.24, 2.45) is 5.92 Å². The fraction of sp³-hybridized carbons (Fsp3) is 0.571. The van der Waals surface area contributed by atoms with Crippen LogP contribution in [0.3, 0.4) is 0 Å². The number of hydrogen-bond acceptors (Lipinski definition) is 4. The Hall–Kier alpha value is -1.62. The van der Waals surface area contributed by atoms with Gasteiger partial charge >= 0.3 is 0 Å². The molecule has 0 aliphatic carbocycles. The highest BCUT2D eigenvalue weighted by atomic mass is 16.1. The summed E-state index contributed by atoms with van der Waals surface area (Å²) in [5.74, 6) is 0.505. The van der Waals surface area contributed by atoms with Gasteiger partial charge in [0.05, 0.1) is 23.1 Å². The highest BCUT2D eigenvalue weighted by molar-refractivity contribution is 5.95. The standard InChI is InChI=1S/C14H22N4O/c1-10-13(7-12(15)9-16-10)14(19)17-8-11-3-5-18(2)6-4-11/h7,9,11H,3-6,8,15H2,1-2H3,(H,17,19). The van der Waals surface area contributed by atoms with Gasteiger partial charge in [-0.1, -0.05) is 0 Å². The monoisotopic (exact) mass is 262 g/mol. The average molecular weight is 262 g/mol. The zero-order valence-corrected chi connectivity index (χ0v) is 11.6. The van der Waals surface area contributed by atoms with Crippen molar-refractivity contribution in [1.82, 2.24) is 15.2 Å². The van der Waals surface area contributed by atoms with Gasteiger partial charge in [-0.25, -0.2) is 0 Å². The van der Waals surface area contributed by atoms with Crippen LogP contribution in [-0.4, -0.2) is 42.5 Å². The number of aromatic nitrogens is 1. The first-order valence-electron chi connectivity index (χ1n) is 6.75. The van der Waals surface area contributed by atoms with Crippen LogP contribution in [0.5, 0.6) is 0 Å². The lowest BCUT2D eigenvalue weighted by Gasteiger charge is -2.28. The van der Waals surface area contributed by atoms with Crippen LogP contribution in [0.2, 0.25) is 0 Å². The minimum atomic E-state index is -0.0729. The van der Waals surface area contributed by atoms with Crippen LogP contribution < -0.4 is 11.1 Å². The molecular weight excluding hydrogens is 240 g/mol. The van der Waals surface area contributed by atoms with Crippen molar-refractivity contribution >= 4 is 11.6 Å². The minimum absolute atomic E-state index is 0.0729. The van der Waals surface area contributed by atoms with Gasteiger partial charge in [0, 0.05) is 6.54 Å². The van der Waals surface area contributed by atoms with Gasteiger partial charge in [0.25, 0.3) is 5.91 Å². The Morgan fingerprint density at radius 3 is 2.89 bits per heavy atom. The quantitative estimate of drug-likeness (QED) is 0.854. The van der Waals surface area contributed by atoms with Crippen LogP contribution >= 0.6 is 0 Å². The summed E-state index contributed by atoms with van der Waals surface area (Å²) >= 11 is 0. The molecule has 1 aromatic rings. The van der Waals surface area contributed by atoms with Gasteiger partial charge in [0.2, 0.25) is 0 Å². The van der Waals surface area contributed by atoms with Crippen LogP contribution in [-0.2, 0) is 0 Å². The van der Waals surface area contributed by atoms with Gasteiger partial charge in [-0.3, -0.25) is 9.78 Å². The lowest BCUT2D eigenvalue weighted by atomic mass is 9.97. The molecule has 0 radical (unpaired) electrons. The Bertz CT molecular complexity index is 453. The molecule has 104 valence electrons. The molecule has 1 fully saturated rings. The summed E-state index contributed by atoms with van der Waals surface area (Å²) in [6.45, 7) is 4.78. The summed E-state index contributed by atoms with van der Waals surface area (Å²) in [7, 11) is 2.14. The Morgan fingerprint density at radius 1 is 1.53 bits per heavy atom. The average Bonchev–Trinajstić information content (AvgIpc) is 2.40. The summed E-state index contributed by atoms with van der Waals surface area (Å²) < 4.78 is 0. The van der Waals surface area contributed by atoms with Crippen molar-refractivity contribution in [2.75, 3.05) is 32.4 Å². The fourth-order valence-corrected chi connectivity index (χ4v) is 2.38. The predicted molar refractivity (Wildman–Crippen MR) is 75.9 cm³/mol. The normalized spacial score (nSPS) is 17.4. The predicted octanol–water partition coefficient (Wildman–Crippen LogP) is 1.04. The lowest BCUT2D eigenvalue weighted by molar-refractivity contribution is 0.0938. The number of likely N-dealkylation sites (tertiary alicyclic amines) is 1. The second-order valence-corrected chi connectivity index (χ2v) is 5.36. The van der Waals surface area contributed by atoms with Crippen molar-refractivity contribution in [3.05, 3.63) is 23.5 Å². The molecule has 2 heterocycles. The van der Waals surface area contributed by atoms with Gasteiger partial charge in [-0.15, -0.1) is 0 Å². The van der Waals surface area contributed by atoms with E-state index in [2.05, 4.69) is 22.2 Å². The number of hydrogen-bond donors (Lipinski definition) is 2. The molecule has 19 heavy (non-hydrogen) atoms. The van der Waals surface area contributed by atoms with E-state index in [0.717, 1.165) is 38.2 Å². The maximum Gasteiger partial charge on any atom is 0.253 e. The van der Waals surface area contributed by atoms with Crippen molar-refractivity contribution < 1.29 is 4.79 Å². The number of anilines is 1. The number of nitrogens with zero attached hydrogens (tertiary/aromatic N) is 2. The third kappa shape index (κ3) is 3.67. The zero-order valence-electron chi connectivity index (χ0n) is 11.6. The molecule has 0 saturated carbocycles. The molecule has 1 saturated heterocycles. The number of nitrogens with two attached hydrogens (primary N) is 1. The number of aryl methyl sites for hydroxylation is 1. The highest BCUT2D eigenvalue weighted by Gasteiger charge is 2.18. The van der Waals surface area contributed by atoms with Crippen LogP contribution in [0.15, 0.2) is 12.3 Å². The number of nitrogen functional groups attached to an aromatic ring is 1. The molecule has 1 amide bonds. The molecular formula is C14H22N4O. The SMILES string of the molecule is Cc1ncc(N)cc1C(=O)NCC1CCN(C)CC1. The zero-order chi connectivity index (χ0) is 13.8. The summed E-state index contributed by atoms with van der Waals surface area (Å²) in [6, 6.07) is 1.69. The van der Waals surface area contributed by atoms with E-state index in [1.54, 1.807) is 12.3 Å². The van der Waals surface area contributed by atoms with Gasteiger partial charge in [0.1, 0.15) is 0 Å². The third-order valence-electron chi connectivity index (χ3n) is 3.74. The molecule has 1 aliphatic rings. The van der Waals surface area contributed by atoms with E-state index in [-0.39, 0.29) is 5.91 Å². The van der Waals surface area contributed by atoms with Gasteiger partial charge in [-0.2, -0.15) is 0 Å². The fourth-order valence-electron chi connectivity index (χ4n) is 2.38. The summed E-state index contributed by atoms with van der Waals surface area (Å²) in [4.78, 5) is 18.5. The van der Waals surface area contributed by atoms with Gasteiger partial charge < -0.3 is 16.0 Å². The summed E-state index contributed by atoms with van der Waals surface area (Å²) in [6.07, 6.45) is 3.86. The van der Waals surface area contributed by atoms with E-state index in [4.69, 9.17) is 5.73 Å². The van der Waals surface area contributed by atoms with E-state index in [1.165, 1.54) is 0 Å². The molecule has 5 nitrogen and oxygen atoms in total. The maximum atomic E-state index is 12.1. The van der Waals surface area contributed by atoms with Gasteiger partial charge in [-0.05, 0) is 51.9 Å². The number of amides is 1. The molecule has 1 aromatic heterocycles. The van der Waals surface area contributed by atoms with E-state index in [9.17, 15) is 4.79 Å². The first-order valence-corrected chi connectivity index (χ1v) is 6.75. The van der Waals surface area contributed by atoms with E-state index in [0.29, 0.717) is 17.2 Å². The summed E-state index contributed by atoms with van der Waals surface area (Å²) in [5, 5.41) is 3.00. The molecule has 2 rings (SSSR count). The van der Waals surface area contributed by atoms with Crippen molar-refractivity contribution in [3.63, 3.8) is 0 Å². The number of carbonyl (C=O) groups is 1. The summed E-state index contributed by atoms with van der Waals surface area (Å²) in [5.41, 5.74) is 7.49. The first kappa shape index (κ1) is 13.8. The molecule has 0 aromatic carbocycles. The second-order valence-electron chi connectivity index (χ2n) is 5.36. The largest absolute Gasteiger partial charge is 0.397 e. The van der Waals surface area contributed by atoms with Crippen LogP contribution in [0.4, 0.5) is 5.69 Å². The molecule has 0 unspecified atom stereocenters. The molecule has 5 heteroatoms. The Kier molecular flexibility index (Phi) is 4.37. The Balaban J connectivity index is 1.89. The van der Waals surface area contributed by atoms with Crippen LogP contribution in [0.25, 0.3) is 0 Å². The molecule has 1 aliphatic heterocycles. The van der Waals surface area contributed by atoms with Crippen molar-refractivity contribution in [1.29, 1.82) is 0 Å². The van der Waals surface area contributed by atoms with Crippen LogP contribution in [0, 0.1) is 12.8 Å². The number of nitrogens with one attached hydrogen (secondary N) is 1.